The number of amides is 3. The van der Waals surface area contributed by atoms with E-state index in [1.165, 1.54) is 0 Å². The molecule has 3 amide bonds. The summed E-state index contributed by atoms with van der Waals surface area (Å²) in [6.07, 6.45) is 1.88. The highest BCUT2D eigenvalue weighted by Crippen LogP contribution is 2.26. The van der Waals surface area contributed by atoms with Gasteiger partial charge < -0.3 is 14.7 Å². The van der Waals surface area contributed by atoms with Gasteiger partial charge in [-0.15, -0.1) is 0 Å². The number of rotatable bonds is 3. The summed E-state index contributed by atoms with van der Waals surface area (Å²) in [5.41, 5.74) is 1.81. The molecule has 0 saturated carbocycles. The first-order valence-corrected chi connectivity index (χ1v) is 9.03. The Hall–Kier alpha value is -2.63. The highest BCUT2D eigenvalue weighted by Gasteiger charge is 2.38. The number of allylic oxidation sites excluding steroid dienone is 1. The molecule has 0 aliphatic carbocycles. The molecular weight excluding hydrogens is 330 g/mol. The Morgan fingerprint density at radius 2 is 1.62 bits per heavy atom. The van der Waals surface area contributed by atoms with Gasteiger partial charge in [0.05, 0.1) is 5.92 Å². The fraction of sp³-hybridized carbons (Fsp3) is 0.450. The third-order valence-corrected chi connectivity index (χ3v) is 4.86. The van der Waals surface area contributed by atoms with Crippen molar-refractivity contribution in [1.82, 2.24) is 9.80 Å². The van der Waals surface area contributed by atoms with E-state index in [9.17, 15) is 14.4 Å². The largest absolute Gasteiger partial charge is 0.339 e. The minimum absolute atomic E-state index is 0.00314. The van der Waals surface area contributed by atoms with Gasteiger partial charge in [0.15, 0.2) is 0 Å². The molecule has 2 fully saturated rings. The van der Waals surface area contributed by atoms with Gasteiger partial charge >= 0.3 is 0 Å². The Kier molecular flexibility index (Phi) is 5.40. The monoisotopic (exact) mass is 355 g/mol. The Morgan fingerprint density at radius 3 is 2.23 bits per heavy atom. The van der Waals surface area contributed by atoms with E-state index in [0.717, 1.165) is 11.3 Å². The maximum absolute atomic E-state index is 12.8. The highest BCUT2D eigenvalue weighted by molar-refractivity contribution is 6.00. The standard InChI is InChI=1S/C20H25N3O3/c1-15(2)12-18(24)21-8-10-22(11-9-21)20(26)16-13-19(25)23(14-16)17-6-4-3-5-7-17/h3-7,12,16H,8-11,13-14H2,1-2H3. The van der Waals surface area contributed by atoms with E-state index in [0.29, 0.717) is 32.7 Å². The van der Waals surface area contributed by atoms with Gasteiger partial charge in [-0.2, -0.15) is 0 Å². The van der Waals surface area contributed by atoms with E-state index in [1.54, 1.807) is 20.8 Å². The van der Waals surface area contributed by atoms with E-state index in [4.69, 9.17) is 0 Å². The van der Waals surface area contributed by atoms with Gasteiger partial charge in [-0.05, 0) is 26.0 Å². The molecule has 6 heteroatoms. The molecule has 138 valence electrons. The fourth-order valence-corrected chi connectivity index (χ4v) is 3.47. The molecule has 2 aliphatic rings. The van der Waals surface area contributed by atoms with Crippen LogP contribution in [0, 0.1) is 5.92 Å². The fourth-order valence-electron chi connectivity index (χ4n) is 3.47. The molecule has 2 aliphatic heterocycles. The molecule has 1 unspecified atom stereocenters. The zero-order valence-electron chi connectivity index (χ0n) is 15.4. The van der Waals surface area contributed by atoms with Crippen LogP contribution in [0.25, 0.3) is 0 Å². The smallest absolute Gasteiger partial charge is 0.246 e. The number of anilines is 1. The minimum Gasteiger partial charge on any atom is -0.339 e. The molecule has 0 spiro atoms. The first-order valence-electron chi connectivity index (χ1n) is 9.03. The van der Waals surface area contributed by atoms with Crippen molar-refractivity contribution in [2.24, 2.45) is 5.92 Å². The average Bonchev–Trinajstić information content (AvgIpc) is 3.03. The molecule has 6 nitrogen and oxygen atoms in total. The lowest BCUT2D eigenvalue weighted by Crippen LogP contribution is -2.52. The van der Waals surface area contributed by atoms with Crippen molar-refractivity contribution in [3.05, 3.63) is 42.0 Å². The molecule has 26 heavy (non-hydrogen) atoms. The Balaban J connectivity index is 1.57. The Bertz CT molecular complexity index is 717. The lowest BCUT2D eigenvalue weighted by atomic mass is 10.1. The van der Waals surface area contributed by atoms with Crippen LogP contribution in [0.4, 0.5) is 5.69 Å². The van der Waals surface area contributed by atoms with Gasteiger partial charge in [-0.25, -0.2) is 0 Å². The van der Waals surface area contributed by atoms with Crippen LogP contribution in [0.2, 0.25) is 0 Å². The van der Waals surface area contributed by atoms with Crippen molar-refractivity contribution >= 4 is 23.4 Å². The number of carbonyl (C=O) groups excluding carboxylic acids is 3. The number of hydrogen-bond acceptors (Lipinski definition) is 3. The van der Waals surface area contributed by atoms with Gasteiger partial charge in [-0.1, -0.05) is 23.8 Å². The van der Waals surface area contributed by atoms with Gasteiger partial charge in [0, 0.05) is 50.9 Å². The second-order valence-corrected chi connectivity index (χ2v) is 7.11. The molecule has 0 bridgehead atoms. The predicted molar refractivity (Wildman–Crippen MR) is 99.5 cm³/mol. The lowest BCUT2D eigenvalue weighted by Gasteiger charge is -2.35. The molecule has 2 saturated heterocycles. The quantitative estimate of drug-likeness (QED) is 0.775. The summed E-state index contributed by atoms with van der Waals surface area (Å²) in [4.78, 5) is 42.5. The Morgan fingerprint density at radius 1 is 1.00 bits per heavy atom. The summed E-state index contributed by atoms with van der Waals surface area (Å²) in [6, 6.07) is 9.46. The summed E-state index contributed by atoms with van der Waals surface area (Å²) in [5.74, 6) is -0.288. The third kappa shape index (κ3) is 3.95. The van der Waals surface area contributed by atoms with E-state index in [2.05, 4.69) is 0 Å². The van der Waals surface area contributed by atoms with Gasteiger partial charge in [0.1, 0.15) is 0 Å². The predicted octanol–water partition coefficient (Wildman–Crippen LogP) is 1.68. The van der Waals surface area contributed by atoms with Crippen LogP contribution in [0.3, 0.4) is 0 Å². The number of benzene rings is 1. The first-order chi connectivity index (χ1) is 12.5. The molecule has 0 aromatic heterocycles. The summed E-state index contributed by atoms with van der Waals surface area (Å²) in [5, 5.41) is 0. The maximum atomic E-state index is 12.8. The highest BCUT2D eigenvalue weighted by atomic mass is 16.2. The van der Waals surface area contributed by atoms with Crippen LogP contribution in [-0.2, 0) is 14.4 Å². The van der Waals surface area contributed by atoms with Gasteiger partial charge in [0.25, 0.3) is 0 Å². The van der Waals surface area contributed by atoms with Crippen LogP contribution < -0.4 is 4.90 Å². The number of piperazine rings is 1. The number of hydrogen-bond donors (Lipinski definition) is 0. The van der Waals surface area contributed by atoms with Crippen LogP contribution in [-0.4, -0.2) is 60.2 Å². The summed E-state index contributed by atoms with van der Waals surface area (Å²) < 4.78 is 0. The van der Waals surface area contributed by atoms with Crippen LogP contribution in [0.5, 0.6) is 0 Å². The van der Waals surface area contributed by atoms with Gasteiger partial charge in [-0.3, -0.25) is 14.4 Å². The van der Waals surface area contributed by atoms with Crippen LogP contribution >= 0.6 is 0 Å². The molecular formula is C20H25N3O3. The first kappa shape index (κ1) is 18.2. The molecule has 1 aromatic carbocycles. The molecule has 3 rings (SSSR count). The van der Waals surface area contributed by atoms with Crippen molar-refractivity contribution in [2.45, 2.75) is 20.3 Å². The maximum Gasteiger partial charge on any atom is 0.246 e. The van der Waals surface area contributed by atoms with Crippen molar-refractivity contribution < 1.29 is 14.4 Å². The van der Waals surface area contributed by atoms with Crippen molar-refractivity contribution in [1.29, 1.82) is 0 Å². The number of para-hydroxylation sites is 1. The van der Waals surface area contributed by atoms with Gasteiger partial charge in [0.2, 0.25) is 17.7 Å². The summed E-state index contributed by atoms with van der Waals surface area (Å²) >= 11 is 0. The number of nitrogens with zero attached hydrogens (tertiary/aromatic N) is 3. The second kappa shape index (κ2) is 7.72. The van der Waals surface area contributed by atoms with Crippen LogP contribution in [0.15, 0.2) is 42.0 Å². The third-order valence-electron chi connectivity index (χ3n) is 4.86. The minimum atomic E-state index is -0.303. The lowest BCUT2D eigenvalue weighted by molar-refractivity contribution is -0.140. The zero-order valence-corrected chi connectivity index (χ0v) is 15.4. The average molecular weight is 355 g/mol. The molecule has 0 radical (unpaired) electrons. The van der Waals surface area contributed by atoms with E-state index in [1.807, 2.05) is 44.2 Å². The number of carbonyl (C=O) groups is 3. The van der Waals surface area contributed by atoms with E-state index in [-0.39, 0.29) is 30.1 Å². The summed E-state index contributed by atoms with van der Waals surface area (Å²) in [6.45, 7) is 6.35. The molecule has 0 N–H and O–H groups in total. The normalized spacial score (nSPS) is 20.3. The zero-order chi connectivity index (χ0) is 18.7. The van der Waals surface area contributed by atoms with Crippen LogP contribution in [0.1, 0.15) is 20.3 Å². The Labute approximate surface area is 154 Å². The molecule has 2 heterocycles. The second-order valence-electron chi connectivity index (χ2n) is 7.11. The van der Waals surface area contributed by atoms with E-state index < -0.39 is 0 Å². The van der Waals surface area contributed by atoms with Crippen molar-refractivity contribution in [3.63, 3.8) is 0 Å². The van der Waals surface area contributed by atoms with E-state index >= 15 is 0 Å². The molecule has 1 atom stereocenters. The van der Waals surface area contributed by atoms with Crippen molar-refractivity contribution in [2.75, 3.05) is 37.6 Å². The summed E-state index contributed by atoms with van der Waals surface area (Å²) in [7, 11) is 0. The van der Waals surface area contributed by atoms with Crippen molar-refractivity contribution in [3.8, 4) is 0 Å². The topological polar surface area (TPSA) is 60.9 Å². The SMILES string of the molecule is CC(C)=CC(=O)N1CCN(C(=O)C2CC(=O)N(c3ccccc3)C2)CC1. The molecule has 1 aromatic rings.